The highest BCUT2D eigenvalue weighted by Gasteiger charge is 2.27. The number of thiazole rings is 1. The molecule has 0 saturated carbocycles. The monoisotopic (exact) mass is 552 g/mol. The van der Waals surface area contributed by atoms with Crippen molar-refractivity contribution in [2.45, 2.75) is 19.0 Å². The number of amides is 3. The zero-order valence-corrected chi connectivity index (χ0v) is 21.7. The molecule has 1 aromatic heterocycles. The van der Waals surface area contributed by atoms with Gasteiger partial charge in [-0.1, -0.05) is 28.1 Å². The van der Waals surface area contributed by atoms with Crippen LogP contribution in [0.4, 0.5) is 5.69 Å². The Bertz CT molecular complexity index is 1060. The molecule has 3 N–H and O–H groups in total. The van der Waals surface area contributed by atoms with E-state index in [4.69, 9.17) is 12.2 Å². The van der Waals surface area contributed by atoms with Crippen LogP contribution in [0.25, 0.3) is 0 Å². The number of carbonyl (C=O) groups excluding carboxylic acids is 3. The number of aromatic nitrogens is 1. The number of likely N-dealkylation sites (N-methyl/N-ethyl adjacent to an activating group) is 2. The summed E-state index contributed by atoms with van der Waals surface area (Å²) in [6.45, 7) is 1.61. The van der Waals surface area contributed by atoms with Crippen LogP contribution >= 0.6 is 39.5 Å². The molecule has 33 heavy (non-hydrogen) atoms. The molecule has 9 nitrogen and oxygen atoms in total. The van der Waals surface area contributed by atoms with Crippen molar-refractivity contribution < 1.29 is 14.4 Å². The smallest absolute Gasteiger partial charge is 0.283 e. The number of anilines is 1. The summed E-state index contributed by atoms with van der Waals surface area (Å²) in [6.07, 6.45) is 0.791. The summed E-state index contributed by atoms with van der Waals surface area (Å²) in [5, 5.41) is 8.52. The van der Waals surface area contributed by atoms with Crippen molar-refractivity contribution in [3.63, 3.8) is 0 Å². The summed E-state index contributed by atoms with van der Waals surface area (Å²) in [7, 11) is 5.21. The van der Waals surface area contributed by atoms with E-state index in [1.165, 1.54) is 16.2 Å². The van der Waals surface area contributed by atoms with Crippen molar-refractivity contribution in [3.05, 3.63) is 44.3 Å². The van der Waals surface area contributed by atoms with Crippen LogP contribution in [-0.4, -0.2) is 77.8 Å². The van der Waals surface area contributed by atoms with Gasteiger partial charge in [-0.2, -0.15) is 0 Å². The predicted molar refractivity (Wildman–Crippen MR) is 135 cm³/mol. The maximum absolute atomic E-state index is 12.8. The molecule has 2 heterocycles. The number of nitrogens with zero attached hydrogens (tertiary/aromatic N) is 3. The number of thiocarbonyl (C=S) groups is 1. The third-order valence-electron chi connectivity index (χ3n) is 4.94. The Balaban J connectivity index is 1.62. The molecule has 0 aliphatic carbocycles. The molecule has 0 bridgehead atoms. The fourth-order valence-electron chi connectivity index (χ4n) is 3.15. The van der Waals surface area contributed by atoms with Gasteiger partial charge in [0.05, 0.1) is 5.69 Å². The first kappa shape index (κ1) is 25.2. The minimum absolute atomic E-state index is 0.0385. The highest BCUT2D eigenvalue weighted by Crippen LogP contribution is 2.24. The molecule has 0 radical (unpaired) electrons. The van der Waals surface area contributed by atoms with E-state index in [0.717, 1.165) is 34.6 Å². The highest BCUT2D eigenvalue weighted by atomic mass is 79.9. The first-order valence-corrected chi connectivity index (χ1v) is 12.2. The fraction of sp³-hybridized carbons (Fsp3) is 0.381. The SMILES string of the molecule is CN1CCc2nc(C(=O)NC(CNC(=S)C(=O)Nc3ccc(Br)cc3)C(=O)N(C)C)sc2C1. The second kappa shape index (κ2) is 11.1. The highest BCUT2D eigenvalue weighted by molar-refractivity contribution is 9.10. The van der Waals surface area contributed by atoms with Gasteiger partial charge in [-0.05, 0) is 31.3 Å². The molecule has 2 aromatic rings. The van der Waals surface area contributed by atoms with Crippen molar-refractivity contribution in [1.29, 1.82) is 0 Å². The van der Waals surface area contributed by atoms with E-state index in [0.29, 0.717) is 10.7 Å². The molecule has 1 aromatic carbocycles. The molecule has 1 aliphatic rings. The standard InChI is InChI=1S/C21H25BrN6O3S2/c1-27(2)21(31)15(10-23-19(32)17(29)24-13-6-4-12(22)5-7-13)25-18(30)20-26-14-8-9-28(3)11-16(14)33-20/h4-7,15H,8-11H2,1-3H3,(H,23,32)(H,24,29)(H,25,30). The average Bonchev–Trinajstić information content (AvgIpc) is 3.20. The van der Waals surface area contributed by atoms with E-state index in [2.05, 4.69) is 41.8 Å². The summed E-state index contributed by atoms with van der Waals surface area (Å²) >= 11 is 9.84. The van der Waals surface area contributed by atoms with Crippen molar-refractivity contribution in [2.75, 3.05) is 39.5 Å². The van der Waals surface area contributed by atoms with Gasteiger partial charge < -0.3 is 25.8 Å². The van der Waals surface area contributed by atoms with E-state index in [1.54, 1.807) is 38.4 Å². The third-order valence-corrected chi connectivity index (χ3v) is 6.88. The van der Waals surface area contributed by atoms with Gasteiger partial charge in [0.25, 0.3) is 11.8 Å². The first-order chi connectivity index (χ1) is 15.6. The molecule has 0 fully saturated rings. The van der Waals surface area contributed by atoms with E-state index in [1.807, 2.05) is 7.05 Å². The number of hydrogen-bond acceptors (Lipinski definition) is 7. The lowest BCUT2D eigenvalue weighted by atomic mass is 10.2. The first-order valence-electron chi connectivity index (χ1n) is 10.2. The Morgan fingerprint density at radius 1 is 1.27 bits per heavy atom. The van der Waals surface area contributed by atoms with E-state index >= 15 is 0 Å². The Hall–Kier alpha value is -2.41. The minimum atomic E-state index is -0.922. The molecule has 1 atom stereocenters. The van der Waals surface area contributed by atoms with Gasteiger partial charge in [-0.25, -0.2) is 4.98 Å². The van der Waals surface area contributed by atoms with Crippen LogP contribution in [0.1, 0.15) is 20.4 Å². The van der Waals surface area contributed by atoms with E-state index in [-0.39, 0.29) is 17.4 Å². The van der Waals surface area contributed by atoms with Crippen molar-refractivity contribution >= 4 is 67.9 Å². The van der Waals surface area contributed by atoms with Crippen molar-refractivity contribution in [3.8, 4) is 0 Å². The van der Waals surface area contributed by atoms with Crippen LogP contribution < -0.4 is 16.0 Å². The number of rotatable bonds is 6. The van der Waals surface area contributed by atoms with Gasteiger partial charge in [0.2, 0.25) is 5.91 Å². The van der Waals surface area contributed by atoms with E-state index < -0.39 is 17.9 Å². The van der Waals surface area contributed by atoms with Gasteiger partial charge in [-0.15, -0.1) is 11.3 Å². The minimum Gasteiger partial charge on any atom is -0.369 e. The van der Waals surface area contributed by atoms with Crippen molar-refractivity contribution in [2.24, 2.45) is 0 Å². The maximum Gasteiger partial charge on any atom is 0.283 e. The lowest BCUT2D eigenvalue weighted by molar-refractivity contribution is -0.130. The lowest BCUT2D eigenvalue weighted by Gasteiger charge is -2.22. The number of benzene rings is 1. The zero-order valence-electron chi connectivity index (χ0n) is 18.5. The number of halogens is 1. The quantitative estimate of drug-likeness (QED) is 0.467. The van der Waals surface area contributed by atoms with Crippen LogP contribution in [0.5, 0.6) is 0 Å². The Labute approximate surface area is 210 Å². The molecule has 12 heteroatoms. The number of fused-ring (bicyclic) bond motifs is 1. The topological polar surface area (TPSA) is 107 Å². The van der Waals surface area contributed by atoms with Gasteiger partial charge in [0, 0.05) is 55.2 Å². The number of nitrogens with one attached hydrogen (secondary N) is 3. The molecule has 0 spiro atoms. The Morgan fingerprint density at radius 3 is 2.64 bits per heavy atom. The molecule has 3 amide bonds. The summed E-state index contributed by atoms with van der Waals surface area (Å²) in [5.41, 5.74) is 1.52. The molecule has 1 aliphatic heterocycles. The summed E-state index contributed by atoms with van der Waals surface area (Å²) < 4.78 is 0.884. The maximum atomic E-state index is 12.8. The van der Waals surface area contributed by atoms with Gasteiger partial charge >= 0.3 is 0 Å². The molecule has 1 unspecified atom stereocenters. The summed E-state index contributed by atoms with van der Waals surface area (Å²) in [6, 6.07) is 6.13. The van der Waals surface area contributed by atoms with Crippen LogP contribution in [-0.2, 0) is 22.6 Å². The van der Waals surface area contributed by atoms with Crippen LogP contribution in [0, 0.1) is 0 Å². The van der Waals surface area contributed by atoms with Crippen LogP contribution in [0.2, 0.25) is 0 Å². The Kier molecular flexibility index (Phi) is 8.51. The zero-order chi connectivity index (χ0) is 24.1. The average molecular weight is 554 g/mol. The lowest BCUT2D eigenvalue weighted by Crippen LogP contribution is -2.53. The van der Waals surface area contributed by atoms with Crippen LogP contribution in [0.15, 0.2) is 28.7 Å². The molecular formula is C21H25BrN6O3S2. The summed E-state index contributed by atoms with van der Waals surface area (Å²) in [5.74, 6) is -1.26. The van der Waals surface area contributed by atoms with Crippen molar-refractivity contribution in [1.82, 2.24) is 25.4 Å². The number of carbonyl (C=O) groups is 3. The normalized spacial score (nSPS) is 14.1. The summed E-state index contributed by atoms with van der Waals surface area (Å²) in [4.78, 5) is 46.8. The molecule has 0 saturated heterocycles. The second-order valence-corrected chi connectivity index (χ2v) is 10.2. The second-order valence-electron chi connectivity index (χ2n) is 7.81. The molecule has 3 rings (SSSR count). The third kappa shape index (κ3) is 6.79. The predicted octanol–water partition coefficient (Wildman–Crippen LogP) is 1.64. The fourth-order valence-corrected chi connectivity index (χ4v) is 4.64. The van der Waals surface area contributed by atoms with E-state index in [9.17, 15) is 14.4 Å². The molecule has 176 valence electrons. The number of hydrogen-bond donors (Lipinski definition) is 3. The van der Waals surface area contributed by atoms with Crippen LogP contribution in [0.3, 0.4) is 0 Å². The Morgan fingerprint density at radius 2 is 1.97 bits per heavy atom. The largest absolute Gasteiger partial charge is 0.369 e. The van der Waals surface area contributed by atoms with Gasteiger partial charge in [0.15, 0.2) is 10.00 Å². The van der Waals surface area contributed by atoms with Gasteiger partial charge in [0.1, 0.15) is 6.04 Å². The molecular weight excluding hydrogens is 528 g/mol. The van der Waals surface area contributed by atoms with Gasteiger partial charge in [-0.3, -0.25) is 14.4 Å².